The van der Waals surface area contributed by atoms with Crippen molar-refractivity contribution in [3.05, 3.63) is 75.8 Å². The van der Waals surface area contributed by atoms with E-state index in [1.165, 1.54) is 24.3 Å². The summed E-state index contributed by atoms with van der Waals surface area (Å²) < 4.78 is 13.2. The van der Waals surface area contributed by atoms with Crippen molar-refractivity contribution in [2.45, 2.75) is 45.2 Å². The summed E-state index contributed by atoms with van der Waals surface area (Å²) in [6.45, 7) is 2.19. The highest BCUT2D eigenvalue weighted by Crippen LogP contribution is 2.26. The second-order valence-corrected chi connectivity index (χ2v) is 7.67. The number of nitrogens with one attached hydrogen (secondary N) is 2. The molecule has 2 N–H and O–H groups in total. The second-order valence-electron chi connectivity index (χ2n) is 7.67. The molecule has 5 nitrogen and oxygen atoms in total. The summed E-state index contributed by atoms with van der Waals surface area (Å²) in [6, 6.07) is 13.2. The van der Waals surface area contributed by atoms with Gasteiger partial charge in [0, 0.05) is 17.3 Å². The van der Waals surface area contributed by atoms with Gasteiger partial charge in [0.2, 0.25) is 0 Å². The first-order chi connectivity index (χ1) is 14.0. The Bertz CT molecular complexity index is 1090. The molecule has 150 valence electrons. The number of hydrogen-bond acceptors (Lipinski definition) is 2. The number of aromatic nitrogens is 1. The number of carbonyl (C=O) groups is 1. The molecule has 0 saturated heterocycles. The lowest BCUT2D eigenvalue weighted by Gasteiger charge is -2.29. The van der Waals surface area contributed by atoms with Crippen LogP contribution in [0.1, 0.15) is 36.8 Å². The number of rotatable bonds is 4. The van der Waals surface area contributed by atoms with Crippen LogP contribution >= 0.6 is 0 Å². The van der Waals surface area contributed by atoms with E-state index in [0.29, 0.717) is 11.3 Å². The van der Waals surface area contributed by atoms with E-state index < -0.39 is 0 Å². The zero-order valence-corrected chi connectivity index (χ0v) is 16.4. The van der Waals surface area contributed by atoms with E-state index in [1.54, 1.807) is 4.90 Å². The predicted octanol–water partition coefficient (Wildman–Crippen LogP) is 4.95. The summed E-state index contributed by atoms with van der Waals surface area (Å²) in [5, 5.41) is 3.79. The summed E-state index contributed by atoms with van der Waals surface area (Å²) >= 11 is 0. The van der Waals surface area contributed by atoms with E-state index in [-0.39, 0.29) is 30.0 Å². The maximum absolute atomic E-state index is 13.2. The van der Waals surface area contributed by atoms with Crippen LogP contribution in [0.15, 0.2) is 53.3 Å². The van der Waals surface area contributed by atoms with E-state index >= 15 is 0 Å². The van der Waals surface area contributed by atoms with Gasteiger partial charge in [0.15, 0.2) is 0 Å². The first-order valence-electron chi connectivity index (χ1n) is 9.96. The van der Waals surface area contributed by atoms with Gasteiger partial charge in [-0.1, -0.05) is 31.0 Å². The molecule has 0 unspecified atom stereocenters. The number of amides is 2. The minimum atomic E-state index is -0.353. The summed E-state index contributed by atoms with van der Waals surface area (Å²) in [6.07, 6.45) is 3.97. The van der Waals surface area contributed by atoms with Gasteiger partial charge in [-0.3, -0.25) is 4.79 Å². The molecule has 1 heterocycles. The molecular formula is C23H24FN3O2. The minimum Gasteiger partial charge on any atom is -0.321 e. The molecule has 0 radical (unpaired) electrons. The first kappa shape index (κ1) is 19.2. The lowest BCUT2D eigenvalue weighted by atomic mass is 10.1. The molecule has 3 aromatic rings. The topological polar surface area (TPSA) is 65.2 Å². The van der Waals surface area contributed by atoms with Crippen molar-refractivity contribution in [2.75, 3.05) is 5.32 Å². The molecular weight excluding hydrogens is 369 g/mol. The molecule has 0 bridgehead atoms. The Labute approximate surface area is 168 Å². The third-order valence-electron chi connectivity index (χ3n) is 5.63. The zero-order valence-electron chi connectivity index (χ0n) is 16.4. The van der Waals surface area contributed by atoms with Gasteiger partial charge < -0.3 is 15.2 Å². The molecule has 0 atom stereocenters. The number of nitrogens with zero attached hydrogens (tertiary/aromatic N) is 1. The Morgan fingerprint density at radius 1 is 1.17 bits per heavy atom. The van der Waals surface area contributed by atoms with Gasteiger partial charge in [-0.05, 0) is 61.0 Å². The quantitative estimate of drug-likeness (QED) is 0.658. The predicted molar refractivity (Wildman–Crippen MR) is 113 cm³/mol. The normalized spacial score (nSPS) is 14.3. The molecule has 4 rings (SSSR count). The summed E-state index contributed by atoms with van der Waals surface area (Å²) in [5.74, 6) is -0.353. The highest BCUT2D eigenvalue weighted by atomic mass is 19.1. The monoisotopic (exact) mass is 393 g/mol. The van der Waals surface area contributed by atoms with Crippen molar-refractivity contribution in [2.24, 2.45) is 0 Å². The Balaban J connectivity index is 1.63. The van der Waals surface area contributed by atoms with Gasteiger partial charge in [-0.25, -0.2) is 9.18 Å². The van der Waals surface area contributed by atoms with Crippen molar-refractivity contribution in [3.8, 4) is 0 Å². The van der Waals surface area contributed by atoms with Crippen LogP contribution in [0.25, 0.3) is 10.9 Å². The number of hydrogen-bond donors (Lipinski definition) is 2. The molecule has 0 aliphatic heterocycles. The van der Waals surface area contributed by atoms with Crippen molar-refractivity contribution in [1.82, 2.24) is 9.88 Å². The molecule has 1 saturated carbocycles. The third kappa shape index (κ3) is 4.16. The van der Waals surface area contributed by atoms with Crippen LogP contribution in [0.4, 0.5) is 14.9 Å². The number of fused-ring (bicyclic) bond motifs is 1. The fourth-order valence-electron chi connectivity index (χ4n) is 4.04. The van der Waals surface area contributed by atoms with Crippen LogP contribution in [0, 0.1) is 12.7 Å². The third-order valence-corrected chi connectivity index (χ3v) is 5.63. The Morgan fingerprint density at radius 3 is 2.62 bits per heavy atom. The van der Waals surface area contributed by atoms with Crippen molar-refractivity contribution in [3.63, 3.8) is 0 Å². The number of para-hydroxylation sites is 1. The fraction of sp³-hybridized carbons (Fsp3) is 0.304. The standard InChI is InChI=1S/C23H24FN3O2/c1-15-5-4-6-16-13-17(22(28)26-21(15)16)14-27(20-7-2-3-8-20)23(29)25-19-11-9-18(24)10-12-19/h4-6,9-13,20H,2-3,7-8,14H2,1H3,(H,25,29)(H,26,28). The van der Waals surface area contributed by atoms with Crippen LogP contribution in [0.5, 0.6) is 0 Å². The number of benzene rings is 2. The summed E-state index contributed by atoms with van der Waals surface area (Å²) in [5.41, 5.74) is 2.74. The second kappa shape index (κ2) is 8.07. The van der Waals surface area contributed by atoms with E-state index in [1.807, 2.05) is 31.2 Å². The van der Waals surface area contributed by atoms with Gasteiger partial charge in [0.25, 0.3) is 5.56 Å². The number of aryl methyl sites for hydroxylation is 1. The average Bonchev–Trinajstić information content (AvgIpc) is 3.23. The molecule has 1 fully saturated rings. The van der Waals surface area contributed by atoms with Crippen LogP contribution in [0.3, 0.4) is 0 Å². The minimum absolute atomic E-state index is 0.0862. The number of pyridine rings is 1. The molecule has 1 aromatic heterocycles. The smallest absolute Gasteiger partial charge is 0.321 e. The van der Waals surface area contributed by atoms with E-state index in [2.05, 4.69) is 10.3 Å². The summed E-state index contributed by atoms with van der Waals surface area (Å²) in [7, 11) is 0. The van der Waals surface area contributed by atoms with E-state index in [9.17, 15) is 14.0 Å². The first-order valence-corrected chi connectivity index (χ1v) is 9.96. The number of anilines is 1. The SMILES string of the molecule is Cc1cccc2cc(CN(C(=O)Nc3ccc(F)cc3)C3CCCC3)c(=O)[nH]c12. The van der Waals surface area contributed by atoms with Crippen LogP contribution in [-0.2, 0) is 6.54 Å². The van der Waals surface area contributed by atoms with E-state index in [4.69, 9.17) is 0 Å². The van der Waals surface area contributed by atoms with Gasteiger partial charge >= 0.3 is 6.03 Å². The lowest BCUT2D eigenvalue weighted by molar-refractivity contribution is 0.184. The van der Waals surface area contributed by atoms with Crippen LogP contribution < -0.4 is 10.9 Å². The Kier molecular flexibility index (Phi) is 5.34. The van der Waals surface area contributed by atoms with Crippen LogP contribution in [0.2, 0.25) is 0 Å². The molecule has 2 amide bonds. The van der Waals surface area contributed by atoms with Gasteiger partial charge in [-0.15, -0.1) is 0 Å². The molecule has 2 aromatic carbocycles. The van der Waals surface area contributed by atoms with E-state index in [0.717, 1.165) is 42.1 Å². The fourth-order valence-corrected chi connectivity index (χ4v) is 4.04. The maximum Gasteiger partial charge on any atom is 0.322 e. The zero-order chi connectivity index (χ0) is 20.4. The molecule has 29 heavy (non-hydrogen) atoms. The van der Waals surface area contributed by atoms with Gasteiger partial charge in [0.05, 0.1) is 12.1 Å². The molecule has 0 spiro atoms. The van der Waals surface area contributed by atoms with Gasteiger partial charge in [-0.2, -0.15) is 0 Å². The van der Waals surface area contributed by atoms with Crippen molar-refractivity contribution < 1.29 is 9.18 Å². The number of urea groups is 1. The maximum atomic E-state index is 13.2. The number of halogens is 1. The molecule has 1 aliphatic carbocycles. The highest BCUT2D eigenvalue weighted by Gasteiger charge is 2.27. The highest BCUT2D eigenvalue weighted by molar-refractivity contribution is 5.89. The largest absolute Gasteiger partial charge is 0.322 e. The average molecular weight is 393 g/mol. The Morgan fingerprint density at radius 2 is 1.90 bits per heavy atom. The molecule has 1 aliphatic rings. The van der Waals surface area contributed by atoms with Crippen LogP contribution in [-0.4, -0.2) is 22.0 Å². The summed E-state index contributed by atoms with van der Waals surface area (Å²) in [4.78, 5) is 30.4. The molecule has 6 heteroatoms. The van der Waals surface area contributed by atoms with Crippen molar-refractivity contribution >= 4 is 22.6 Å². The van der Waals surface area contributed by atoms with Gasteiger partial charge in [0.1, 0.15) is 5.82 Å². The number of H-pyrrole nitrogens is 1. The Hall–Kier alpha value is -3.15. The number of aromatic amines is 1. The van der Waals surface area contributed by atoms with Crippen molar-refractivity contribution in [1.29, 1.82) is 0 Å². The lowest BCUT2D eigenvalue weighted by Crippen LogP contribution is -2.42. The number of carbonyl (C=O) groups excluding carboxylic acids is 1.